The van der Waals surface area contributed by atoms with E-state index in [0.717, 1.165) is 10.4 Å². The molecule has 2 rings (SSSR count). The molecular formula is C14H24N2O3S2. The molecule has 2 N–H and O–H groups in total. The lowest BCUT2D eigenvalue weighted by Gasteiger charge is -2.13. The minimum atomic E-state index is -3.45. The molecule has 0 aromatic carbocycles. The van der Waals surface area contributed by atoms with Gasteiger partial charge in [-0.2, -0.15) is 0 Å². The van der Waals surface area contributed by atoms with E-state index in [9.17, 15) is 8.42 Å². The quantitative estimate of drug-likeness (QED) is 0.724. The van der Waals surface area contributed by atoms with Crippen LogP contribution in [0.2, 0.25) is 0 Å². The zero-order valence-corrected chi connectivity index (χ0v) is 14.4. The molecule has 5 nitrogen and oxygen atoms in total. The van der Waals surface area contributed by atoms with E-state index in [2.05, 4.69) is 10.0 Å². The van der Waals surface area contributed by atoms with Crippen molar-refractivity contribution in [2.45, 2.75) is 44.2 Å². The van der Waals surface area contributed by atoms with Crippen LogP contribution in [0.15, 0.2) is 10.3 Å². The van der Waals surface area contributed by atoms with Gasteiger partial charge in [0.15, 0.2) is 0 Å². The van der Waals surface area contributed by atoms with E-state index in [1.54, 1.807) is 7.11 Å². The number of hydrogen-bond donors (Lipinski definition) is 2. The van der Waals surface area contributed by atoms with E-state index in [1.165, 1.54) is 24.2 Å². The Bertz CT molecular complexity index is 565. The van der Waals surface area contributed by atoms with Crippen LogP contribution < -0.4 is 10.0 Å². The summed E-state index contributed by atoms with van der Waals surface area (Å²) in [4.78, 5) is 1.34. The number of nitrogens with one attached hydrogen (secondary N) is 2. The molecule has 1 aliphatic carbocycles. The van der Waals surface area contributed by atoms with E-state index < -0.39 is 10.0 Å². The summed E-state index contributed by atoms with van der Waals surface area (Å²) in [5, 5.41) is 5.30. The van der Waals surface area contributed by atoms with Crippen LogP contribution in [0.1, 0.15) is 30.2 Å². The van der Waals surface area contributed by atoms with Gasteiger partial charge in [-0.1, -0.05) is 6.92 Å². The molecule has 1 aromatic rings. The molecule has 1 saturated carbocycles. The van der Waals surface area contributed by atoms with Crippen LogP contribution in [-0.2, 0) is 21.3 Å². The lowest BCUT2D eigenvalue weighted by Crippen LogP contribution is -2.31. The average Bonchev–Trinajstić information content (AvgIpc) is 3.17. The highest BCUT2D eigenvalue weighted by Crippen LogP contribution is 2.28. The molecule has 0 aliphatic heterocycles. The van der Waals surface area contributed by atoms with Crippen LogP contribution in [0.5, 0.6) is 0 Å². The Labute approximate surface area is 131 Å². The molecule has 1 heterocycles. The summed E-state index contributed by atoms with van der Waals surface area (Å²) in [6.07, 6.45) is 2.39. The SMILES string of the molecule is COCC(C)CNS(=O)(=O)c1c(C)csc1CNC1CC1. The van der Waals surface area contributed by atoms with Gasteiger partial charge in [-0.3, -0.25) is 0 Å². The number of aryl methyl sites for hydroxylation is 1. The minimum absolute atomic E-state index is 0.150. The van der Waals surface area contributed by atoms with Gasteiger partial charge in [0.05, 0.1) is 0 Å². The van der Waals surface area contributed by atoms with Crippen LogP contribution in [0, 0.1) is 12.8 Å². The van der Waals surface area contributed by atoms with Gasteiger partial charge in [0, 0.05) is 37.7 Å². The van der Waals surface area contributed by atoms with Gasteiger partial charge >= 0.3 is 0 Å². The van der Waals surface area contributed by atoms with Gasteiger partial charge in [0.25, 0.3) is 0 Å². The predicted octanol–water partition coefficient (Wildman–Crippen LogP) is 1.87. The Hall–Kier alpha value is -0.470. The highest BCUT2D eigenvalue weighted by Gasteiger charge is 2.25. The molecule has 0 amide bonds. The molecule has 0 saturated heterocycles. The number of methoxy groups -OCH3 is 1. The monoisotopic (exact) mass is 332 g/mol. The van der Waals surface area contributed by atoms with Crippen LogP contribution in [0.25, 0.3) is 0 Å². The van der Waals surface area contributed by atoms with Gasteiger partial charge in [-0.05, 0) is 36.6 Å². The molecule has 0 spiro atoms. The second-order valence-electron chi connectivity index (χ2n) is 5.74. The van der Waals surface area contributed by atoms with Crippen molar-refractivity contribution in [1.29, 1.82) is 0 Å². The standard InChI is InChI=1S/C14H24N2O3S2/c1-10(8-19-3)6-16-21(17,18)14-11(2)9-20-13(14)7-15-12-4-5-12/h9-10,12,15-16H,4-8H2,1-3H3. The molecule has 21 heavy (non-hydrogen) atoms. The Balaban J connectivity index is 2.05. The first-order chi connectivity index (χ1) is 9.94. The molecule has 1 unspecified atom stereocenters. The number of sulfonamides is 1. The normalized spacial score (nSPS) is 17.1. The van der Waals surface area contributed by atoms with Crippen LogP contribution >= 0.6 is 11.3 Å². The van der Waals surface area contributed by atoms with E-state index in [1.807, 2.05) is 19.2 Å². The van der Waals surface area contributed by atoms with E-state index >= 15 is 0 Å². The summed E-state index contributed by atoms with van der Waals surface area (Å²) in [7, 11) is -1.83. The lowest BCUT2D eigenvalue weighted by molar-refractivity contribution is 0.161. The number of hydrogen-bond acceptors (Lipinski definition) is 5. The van der Waals surface area contributed by atoms with Crippen molar-refractivity contribution in [3.8, 4) is 0 Å². The van der Waals surface area contributed by atoms with Crippen molar-refractivity contribution >= 4 is 21.4 Å². The first-order valence-electron chi connectivity index (χ1n) is 7.23. The van der Waals surface area contributed by atoms with Crippen molar-refractivity contribution in [2.24, 2.45) is 5.92 Å². The Morgan fingerprint density at radius 3 is 2.81 bits per heavy atom. The molecule has 1 atom stereocenters. The summed E-state index contributed by atoms with van der Waals surface area (Å²) in [5.74, 6) is 0.150. The molecule has 0 radical (unpaired) electrons. The van der Waals surface area contributed by atoms with Crippen LogP contribution in [0.3, 0.4) is 0 Å². The molecule has 7 heteroatoms. The predicted molar refractivity (Wildman–Crippen MR) is 85.1 cm³/mol. The summed E-state index contributed by atoms with van der Waals surface area (Å²) < 4.78 is 32.8. The Kier molecular flexibility index (Phi) is 5.79. The van der Waals surface area contributed by atoms with Gasteiger partial charge < -0.3 is 10.1 Å². The fourth-order valence-corrected chi connectivity index (χ4v) is 5.08. The summed E-state index contributed by atoms with van der Waals surface area (Å²) in [5.41, 5.74) is 0.819. The third-order valence-corrected chi connectivity index (χ3v) is 6.35. The van der Waals surface area contributed by atoms with E-state index in [4.69, 9.17) is 4.74 Å². The van der Waals surface area contributed by atoms with Gasteiger partial charge in [-0.15, -0.1) is 11.3 Å². The van der Waals surface area contributed by atoms with Gasteiger partial charge in [-0.25, -0.2) is 13.1 Å². The average molecular weight is 332 g/mol. The second kappa shape index (κ2) is 7.19. The number of thiophene rings is 1. The Morgan fingerprint density at radius 2 is 2.19 bits per heavy atom. The fourth-order valence-electron chi connectivity index (χ4n) is 2.16. The largest absolute Gasteiger partial charge is 0.384 e. The van der Waals surface area contributed by atoms with Crippen LogP contribution in [-0.4, -0.2) is 34.7 Å². The smallest absolute Gasteiger partial charge is 0.241 e. The molecule has 1 aromatic heterocycles. The van der Waals surface area contributed by atoms with Gasteiger partial charge in [0.2, 0.25) is 10.0 Å². The number of rotatable bonds is 9. The first kappa shape index (κ1) is 16.9. The maximum absolute atomic E-state index is 12.5. The van der Waals surface area contributed by atoms with Gasteiger partial charge in [0.1, 0.15) is 4.90 Å². The molecule has 0 bridgehead atoms. The molecular weight excluding hydrogens is 308 g/mol. The van der Waals surface area contributed by atoms with Crippen molar-refractivity contribution in [3.05, 3.63) is 15.8 Å². The summed E-state index contributed by atoms with van der Waals surface area (Å²) in [6, 6.07) is 0.567. The van der Waals surface area contributed by atoms with Crippen molar-refractivity contribution in [2.75, 3.05) is 20.3 Å². The van der Waals surface area contributed by atoms with Crippen molar-refractivity contribution in [3.63, 3.8) is 0 Å². The summed E-state index contributed by atoms with van der Waals surface area (Å²) in [6.45, 7) is 5.38. The number of ether oxygens (including phenoxy) is 1. The fraction of sp³-hybridized carbons (Fsp3) is 0.714. The maximum atomic E-state index is 12.5. The third-order valence-electron chi connectivity index (χ3n) is 3.46. The van der Waals surface area contributed by atoms with Crippen molar-refractivity contribution < 1.29 is 13.2 Å². The minimum Gasteiger partial charge on any atom is -0.384 e. The first-order valence-corrected chi connectivity index (χ1v) is 9.59. The molecule has 1 aliphatic rings. The van der Waals surface area contributed by atoms with E-state index in [-0.39, 0.29) is 5.92 Å². The van der Waals surface area contributed by atoms with Crippen LogP contribution in [0.4, 0.5) is 0 Å². The Morgan fingerprint density at radius 1 is 1.48 bits per heavy atom. The zero-order chi connectivity index (χ0) is 15.5. The van der Waals surface area contributed by atoms with Crippen molar-refractivity contribution in [1.82, 2.24) is 10.0 Å². The molecule has 120 valence electrons. The highest BCUT2D eigenvalue weighted by atomic mass is 32.2. The summed E-state index contributed by atoms with van der Waals surface area (Å²) >= 11 is 1.51. The second-order valence-corrected chi connectivity index (χ2v) is 8.41. The zero-order valence-electron chi connectivity index (χ0n) is 12.8. The maximum Gasteiger partial charge on any atom is 0.241 e. The highest BCUT2D eigenvalue weighted by molar-refractivity contribution is 7.89. The third kappa shape index (κ3) is 4.75. The van der Waals surface area contributed by atoms with E-state index in [0.29, 0.717) is 30.6 Å². The lowest BCUT2D eigenvalue weighted by atomic mass is 10.2. The molecule has 1 fully saturated rings. The topological polar surface area (TPSA) is 67.4 Å².